The van der Waals surface area contributed by atoms with E-state index in [1.54, 1.807) is 0 Å². The molecule has 1 fully saturated rings. The topological polar surface area (TPSA) is 46.2 Å². The van der Waals surface area contributed by atoms with E-state index in [0.29, 0.717) is 24.8 Å². The van der Waals surface area contributed by atoms with Gasteiger partial charge in [-0.05, 0) is 30.2 Å². The van der Waals surface area contributed by atoms with Crippen molar-refractivity contribution in [3.8, 4) is 0 Å². The zero-order valence-corrected chi connectivity index (χ0v) is 12.2. The molecular weight excluding hydrogens is 258 g/mol. The van der Waals surface area contributed by atoms with Crippen LogP contribution in [0.5, 0.6) is 0 Å². The number of ketones is 1. The number of carbonyl (C=O) groups excluding carboxylic acids is 2. The van der Waals surface area contributed by atoms with Gasteiger partial charge in [0, 0.05) is 18.9 Å². The van der Waals surface area contributed by atoms with Crippen LogP contribution in [0, 0.1) is 5.92 Å². The summed E-state index contributed by atoms with van der Waals surface area (Å²) < 4.78 is 0. The molecule has 19 heavy (non-hydrogen) atoms. The molecule has 1 amide bonds. The molecule has 4 heteroatoms. The standard InChI is InChI=1S/C15H21NO2S/c1-11-4-2-5-12(10-11)16-15(18)8-7-13(17)14-6-3-9-19-14/h3,6,9,11-12H,2,4-5,7-8,10H2,1H3,(H,16,18). The summed E-state index contributed by atoms with van der Waals surface area (Å²) in [6.45, 7) is 2.23. The fourth-order valence-corrected chi connectivity index (χ4v) is 3.35. The summed E-state index contributed by atoms with van der Waals surface area (Å²) in [6, 6.07) is 3.99. The van der Waals surface area contributed by atoms with Crippen LogP contribution in [0.15, 0.2) is 17.5 Å². The van der Waals surface area contributed by atoms with E-state index in [4.69, 9.17) is 0 Å². The van der Waals surface area contributed by atoms with Gasteiger partial charge in [-0.2, -0.15) is 0 Å². The fraction of sp³-hybridized carbons (Fsp3) is 0.600. The molecule has 1 saturated carbocycles. The number of carbonyl (C=O) groups is 2. The molecule has 104 valence electrons. The third-order valence-electron chi connectivity index (χ3n) is 3.68. The predicted octanol–water partition coefficient (Wildman–Crippen LogP) is 3.41. The lowest BCUT2D eigenvalue weighted by atomic mass is 9.87. The summed E-state index contributed by atoms with van der Waals surface area (Å²) >= 11 is 1.44. The monoisotopic (exact) mass is 279 g/mol. The Bertz CT molecular complexity index is 427. The van der Waals surface area contributed by atoms with Gasteiger partial charge in [-0.15, -0.1) is 11.3 Å². The van der Waals surface area contributed by atoms with Crippen molar-refractivity contribution >= 4 is 23.0 Å². The first-order valence-corrected chi connectivity index (χ1v) is 7.89. The van der Waals surface area contributed by atoms with Crippen LogP contribution in [0.3, 0.4) is 0 Å². The molecule has 1 aliphatic rings. The smallest absolute Gasteiger partial charge is 0.220 e. The number of hydrogen-bond donors (Lipinski definition) is 1. The number of thiophene rings is 1. The quantitative estimate of drug-likeness (QED) is 0.840. The van der Waals surface area contributed by atoms with Gasteiger partial charge in [0.05, 0.1) is 4.88 Å². The van der Waals surface area contributed by atoms with Crippen molar-refractivity contribution in [2.24, 2.45) is 5.92 Å². The molecule has 0 radical (unpaired) electrons. The van der Waals surface area contributed by atoms with Gasteiger partial charge in [0.15, 0.2) is 5.78 Å². The summed E-state index contributed by atoms with van der Waals surface area (Å²) in [6.07, 6.45) is 5.24. The maximum absolute atomic E-state index is 11.8. The Hall–Kier alpha value is -1.16. The van der Waals surface area contributed by atoms with Crippen molar-refractivity contribution in [3.63, 3.8) is 0 Å². The second-order valence-corrected chi connectivity index (χ2v) is 6.38. The van der Waals surface area contributed by atoms with Crippen molar-refractivity contribution in [1.29, 1.82) is 0 Å². The molecule has 1 N–H and O–H groups in total. The molecule has 1 aromatic rings. The molecular formula is C15H21NO2S. The summed E-state index contributed by atoms with van der Waals surface area (Å²) in [5.41, 5.74) is 0. The maximum atomic E-state index is 11.8. The van der Waals surface area contributed by atoms with Gasteiger partial charge in [-0.3, -0.25) is 9.59 Å². The van der Waals surface area contributed by atoms with Gasteiger partial charge in [0.2, 0.25) is 5.91 Å². The highest BCUT2D eigenvalue weighted by molar-refractivity contribution is 7.12. The summed E-state index contributed by atoms with van der Waals surface area (Å²) in [5, 5.41) is 4.95. The number of rotatable bonds is 5. The van der Waals surface area contributed by atoms with Crippen LogP contribution in [0.1, 0.15) is 55.1 Å². The van der Waals surface area contributed by atoms with E-state index in [2.05, 4.69) is 12.2 Å². The van der Waals surface area contributed by atoms with Crippen LogP contribution in [-0.4, -0.2) is 17.7 Å². The Morgan fingerprint density at radius 3 is 2.89 bits per heavy atom. The molecule has 0 aliphatic heterocycles. The zero-order valence-electron chi connectivity index (χ0n) is 11.4. The van der Waals surface area contributed by atoms with E-state index < -0.39 is 0 Å². The van der Waals surface area contributed by atoms with E-state index in [0.717, 1.165) is 17.7 Å². The van der Waals surface area contributed by atoms with Crippen molar-refractivity contribution in [2.75, 3.05) is 0 Å². The minimum Gasteiger partial charge on any atom is -0.353 e. The minimum absolute atomic E-state index is 0.0176. The van der Waals surface area contributed by atoms with E-state index >= 15 is 0 Å². The minimum atomic E-state index is 0.0176. The van der Waals surface area contributed by atoms with Crippen LogP contribution < -0.4 is 5.32 Å². The fourth-order valence-electron chi connectivity index (χ4n) is 2.65. The lowest BCUT2D eigenvalue weighted by Crippen LogP contribution is -2.38. The average Bonchev–Trinajstić information content (AvgIpc) is 2.90. The average molecular weight is 279 g/mol. The van der Waals surface area contributed by atoms with Crippen LogP contribution in [0.25, 0.3) is 0 Å². The molecule has 0 aromatic carbocycles. The van der Waals surface area contributed by atoms with Crippen molar-refractivity contribution in [2.45, 2.75) is 51.5 Å². The van der Waals surface area contributed by atoms with Gasteiger partial charge in [-0.1, -0.05) is 25.8 Å². The molecule has 0 saturated heterocycles. The largest absolute Gasteiger partial charge is 0.353 e. The first kappa shape index (κ1) is 14.3. The Balaban J connectivity index is 1.71. The SMILES string of the molecule is CC1CCCC(NC(=O)CCC(=O)c2cccs2)C1. The third kappa shape index (κ3) is 4.46. The van der Waals surface area contributed by atoms with E-state index in [9.17, 15) is 9.59 Å². The lowest BCUT2D eigenvalue weighted by molar-refractivity contribution is -0.122. The highest BCUT2D eigenvalue weighted by atomic mass is 32.1. The van der Waals surface area contributed by atoms with Crippen LogP contribution in [-0.2, 0) is 4.79 Å². The van der Waals surface area contributed by atoms with Crippen molar-refractivity contribution < 1.29 is 9.59 Å². The number of hydrogen-bond acceptors (Lipinski definition) is 3. The lowest BCUT2D eigenvalue weighted by Gasteiger charge is -2.27. The molecule has 2 atom stereocenters. The molecule has 3 nitrogen and oxygen atoms in total. The molecule has 0 bridgehead atoms. The summed E-state index contributed by atoms with van der Waals surface area (Å²) in [5.74, 6) is 0.790. The maximum Gasteiger partial charge on any atom is 0.220 e. The Morgan fingerprint density at radius 2 is 2.21 bits per heavy atom. The zero-order chi connectivity index (χ0) is 13.7. The van der Waals surface area contributed by atoms with Crippen molar-refractivity contribution in [3.05, 3.63) is 22.4 Å². The van der Waals surface area contributed by atoms with Gasteiger partial charge in [0.1, 0.15) is 0 Å². The molecule has 1 aromatic heterocycles. The first-order chi connectivity index (χ1) is 9.15. The molecule has 2 unspecified atom stereocenters. The summed E-state index contributed by atoms with van der Waals surface area (Å²) in [4.78, 5) is 24.4. The molecule has 0 spiro atoms. The molecule has 1 heterocycles. The second kappa shape index (κ2) is 6.85. The Labute approximate surface area is 118 Å². The van der Waals surface area contributed by atoms with Gasteiger partial charge in [0.25, 0.3) is 0 Å². The highest BCUT2D eigenvalue weighted by Gasteiger charge is 2.20. The number of amides is 1. The number of nitrogens with one attached hydrogen (secondary N) is 1. The van der Waals surface area contributed by atoms with Gasteiger partial charge >= 0.3 is 0 Å². The van der Waals surface area contributed by atoms with Gasteiger partial charge in [-0.25, -0.2) is 0 Å². The Kier molecular flexibility index (Phi) is 5.14. The second-order valence-electron chi connectivity index (χ2n) is 5.44. The van der Waals surface area contributed by atoms with Crippen LogP contribution in [0.4, 0.5) is 0 Å². The van der Waals surface area contributed by atoms with Crippen molar-refractivity contribution in [1.82, 2.24) is 5.32 Å². The molecule has 2 rings (SSSR count). The highest BCUT2D eigenvalue weighted by Crippen LogP contribution is 2.23. The van der Waals surface area contributed by atoms with Crippen LogP contribution >= 0.6 is 11.3 Å². The molecule has 1 aliphatic carbocycles. The van der Waals surface area contributed by atoms with Gasteiger partial charge < -0.3 is 5.32 Å². The van der Waals surface area contributed by atoms with E-state index in [1.165, 1.54) is 24.2 Å². The van der Waals surface area contributed by atoms with E-state index in [-0.39, 0.29) is 11.7 Å². The normalized spacial score (nSPS) is 23.0. The van der Waals surface area contributed by atoms with E-state index in [1.807, 2.05) is 17.5 Å². The summed E-state index contributed by atoms with van der Waals surface area (Å²) in [7, 11) is 0. The number of Topliss-reactive ketones (excluding diaryl/α,β-unsaturated/α-hetero) is 1. The third-order valence-corrected chi connectivity index (χ3v) is 4.59. The Morgan fingerprint density at radius 1 is 1.37 bits per heavy atom. The first-order valence-electron chi connectivity index (χ1n) is 7.01. The predicted molar refractivity (Wildman–Crippen MR) is 77.4 cm³/mol. The van der Waals surface area contributed by atoms with Crippen LogP contribution in [0.2, 0.25) is 0 Å².